The van der Waals surface area contributed by atoms with E-state index in [1.807, 2.05) is 49.3 Å². The van der Waals surface area contributed by atoms with E-state index in [9.17, 15) is 4.79 Å². The minimum absolute atomic E-state index is 0.0355. The highest BCUT2D eigenvalue weighted by atomic mass is 32.2. The lowest BCUT2D eigenvalue weighted by molar-refractivity contribution is 0.0871. The summed E-state index contributed by atoms with van der Waals surface area (Å²) < 4.78 is 2.51. The summed E-state index contributed by atoms with van der Waals surface area (Å²) in [4.78, 5) is 14.6. The van der Waals surface area contributed by atoms with Gasteiger partial charge < -0.3 is 4.90 Å². The maximum Gasteiger partial charge on any atom is 0.264 e. The Morgan fingerprint density at radius 3 is 2.26 bits per heavy atom. The van der Waals surface area contributed by atoms with Gasteiger partial charge in [-0.3, -0.25) is 9.10 Å². The van der Waals surface area contributed by atoms with E-state index >= 15 is 0 Å². The zero-order chi connectivity index (χ0) is 17.1. The summed E-state index contributed by atoms with van der Waals surface area (Å²) in [5.41, 5.74) is 0.715. The predicted octanol–water partition coefficient (Wildman–Crippen LogP) is 4.98. The van der Waals surface area contributed by atoms with Crippen LogP contribution in [0.15, 0.2) is 30.3 Å². The van der Waals surface area contributed by atoms with Crippen LogP contribution >= 0.6 is 24.2 Å². The van der Waals surface area contributed by atoms with Crippen LogP contribution in [0.3, 0.4) is 0 Å². The predicted molar refractivity (Wildman–Crippen MR) is 105 cm³/mol. The number of unbranched alkanes of at least 4 members (excludes halogenated alkanes) is 5. The highest BCUT2D eigenvalue weighted by Crippen LogP contribution is 2.19. The van der Waals surface area contributed by atoms with Crippen molar-refractivity contribution in [2.75, 3.05) is 20.6 Å². The van der Waals surface area contributed by atoms with E-state index in [2.05, 4.69) is 6.92 Å². The van der Waals surface area contributed by atoms with Crippen LogP contribution in [0.5, 0.6) is 0 Å². The molecule has 1 amide bonds. The van der Waals surface area contributed by atoms with Gasteiger partial charge in [0.1, 0.15) is 0 Å². The summed E-state index contributed by atoms with van der Waals surface area (Å²) in [7, 11) is 3.82. The Hall–Kier alpha value is -1.07. The topological polar surface area (TPSA) is 23.6 Å². The molecule has 3 nitrogen and oxygen atoms in total. The number of benzene rings is 1. The molecule has 0 N–H and O–H groups in total. The zero-order valence-corrected chi connectivity index (χ0v) is 16.1. The largest absolute Gasteiger partial charge is 0.362 e. The van der Waals surface area contributed by atoms with Gasteiger partial charge in [0.05, 0.1) is 0 Å². The number of carbonyl (C=O) groups is 1. The van der Waals surface area contributed by atoms with Gasteiger partial charge in [0, 0.05) is 38.2 Å². The molecule has 0 saturated heterocycles. The molecule has 0 radical (unpaired) electrons. The van der Waals surface area contributed by atoms with E-state index in [0.29, 0.717) is 9.88 Å². The van der Waals surface area contributed by atoms with Crippen LogP contribution in [0.2, 0.25) is 0 Å². The molecule has 0 aliphatic rings. The van der Waals surface area contributed by atoms with Crippen molar-refractivity contribution in [1.82, 2.24) is 9.21 Å². The SMILES string of the molecule is CCCCCCCCN(SC(=S)N(C)C)C(=O)c1ccccc1. The second kappa shape index (κ2) is 11.5. The third-order valence-electron chi connectivity index (χ3n) is 3.52. The highest BCUT2D eigenvalue weighted by Gasteiger charge is 2.18. The van der Waals surface area contributed by atoms with Crippen molar-refractivity contribution in [3.63, 3.8) is 0 Å². The molecule has 0 spiro atoms. The van der Waals surface area contributed by atoms with Crippen LogP contribution in [0.1, 0.15) is 55.8 Å². The van der Waals surface area contributed by atoms with Gasteiger partial charge in [-0.25, -0.2) is 0 Å². The summed E-state index contributed by atoms with van der Waals surface area (Å²) in [6, 6.07) is 9.42. The maximum atomic E-state index is 12.7. The van der Waals surface area contributed by atoms with E-state index in [1.54, 1.807) is 4.31 Å². The minimum atomic E-state index is 0.0355. The Balaban J connectivity index is 2.58. The van der Waals surface area contributed by atoms with Gasteiger partial charge in [-0.2, -0.15) is 0 Å². The van der Waals surface area contributed by atoms with Crippen molar-refractivity contribution in [1.29, 1.82) is 0 Å². The van der Waals surface area contributed by atoms with Crippen molar-refractivity contribution in [2.24, 2.45) is 0 Å². The standard InChI is InChI=1S/C18H28N2OS2/c1-4-5-6-7-8-12-15-20(23-18(22)19(2)3)17(21)16-13-10-9-11-14-16/h9-11,13-14H,4-8,12,15H2,1-3H3. The summed E-state index contributed by atoms with van der Waals surface area (Å²) in [5.74, 6) is 0.0355. The first-order valence-corrected chi connectivity index (χ1v) is 9.50. The van der Waals surface area contributed by atoms with Crippen molar-refractivity contribution in [3.8, 4) is 0 Å². The van der Waals surface area contributed by atoms with E-state index < -0.39 is 0 Å². The third-order valence-corrected chi connectivity index (χ3v) is 5.19. The molecule has 5 heteroatoms. The van der Waals surface area contributed by atoms with Gasteiger partial charge in [0.2, 0.25) is 0 Å². The van der Waals surface area contributed by atoms with Gasteiger partial charge >= 0.3 is 0 Å². The van der Waals surface area contributed by atoms with E-state index in [-0.39, 0.29) is 5.91 Å². The number of thiocarbonyl (C=S) groups is 1. The Morgan fingerprint density at radius 1 is 1.04 bits per heavy atom. The second-order valence-corrected chi connectivity index (χ2v) is 7.45. The Labute approximate surface area is 150 Å². The van der Waals surface area contributed by atoms with E-state index in [4.69, 9.17) is 12.2 Å². The molecule has 0 bridgehead atoms. The first-order valence-electron chi connectivity index (χ1n) is 8.32. The quantitative estimate of drug-likeness (QED) is 0.374. The fourth-order valence-electron chi connectivity index (χ4n) is 2.13. The molecule has 1 rings (SSSR count). The van der Waals surface area contributed by atoms with Crippen LogP contribution in [0.4, 0.5) is 0 Å². The lowest BCUT2D eigenvalue weighted by Crippen LogP contribution is -2.30. The molecule has 0 heterocycles. The van der Waals surface area contributed by atoms with Crippen LogP contribution in [-0.4, -0.2) is 40.1 Å². The first kappa shape index (κ1) is 20.0. The Bertz CT molecular complexity index is 477. The number of nitrogens with zero attached hydrogens (tertiary/aromatic N) is 2. The monoisotopic (exact) mass is 352 g/mol. The van der Waals surface area contributed by atoms with Crippen molar-refractivity contribution < 1.29 is 4.79 Å². The smallest absolute Gasteiger partial charge is 0.264 e. The Kier molecular flexibility index (Phi) is 9.96. The van der Waals surface area contributed by atoms with Gasteiger partial charge in [-0.1, -0.05) is 69.4 Å². The molecular weight excluding hydrogens is 324 g/mol. The maximum absolute atomic E-state index is 12.7. The number of carbonyl (C=O) groups excluding carboxylic acids is 1. The Morgan fingerprint density at radius 2 is 1.65 bits per heavy atom. The molecule has 0 saturated carbocycles. The number of amides is 1. The van der Waals surface area contributed by atoms with Crippen LogP contribution in [0, 0.1) is 0 Å². The lowest BCUT2D eigenvalue weighted by Gasteiger charge is -2.24. The van der Waals surface area contributed by atoms with Crippen molar-refractivity contribution in [3.05, 3.63) is 35.9 Å². The molecule has 0 aromatic heterocycles. The van der Waals surface area contributed by atoms with E-state index in [0.717, 1.165) is 19.4 Å². The lowest BCUT2D eigenvalue weighted by atomic mass is 10.1. The first-order chi connectivity index (χ1) is 11.1. The molecule has 0 atom stereocenters. The van der Waals surface area contributed by atoms with Gasteiger partial charge in [-0.05, 0) is 18.6 Å². The number of hydrogen-bond acceptors (Lipinski definition) is 3. The summed E-state index contributed by atoms with van der Waals surface area (Å²) in [5, 5.41) is 0. The fourth-order valence-corrected chi connectivity index (χ4v) is 3.16. The summed E-state index contributed by atoms with van der Waals surface area (Å²) in [6.45, 7) is 2.96. The molecule has 0 aliphatic carbocycles. The normalized spacial score (nSPS) is 10.4. The van der Waals surface area contributed by atoms with Crippen molar-refractivity contribution >= 4 is 34.4 Å². The average molecular weight is 353 g/mol. The number of hydrogen-bond donors (Lipinski definition) is 0. The number of rotatable bonds is 8. The zero-order valence-electron chi connectivity index (χ0n) is 14.5. The molecule has 1 aromatic rings. The molecule has 1 aromatic carbocycles. The molecule has 0 aliphatic heterocycles. The fraction of sp³-hybridized carbons (Fsp3) is 0.556. The van der Waals surface area contributed by atoms with Gasteiger partial charge in [-0.15, -0.1) is 0 Å². The van der Waals surface area contributed by atoms with Crippen LogP contribution in [-0.2, 0) is 0 Å². The van der Waals surface area contributed by atoms with E-state index in [1.165, 1.54) is 37.6 Å². The summed E-state index contributed by atoms with van der Waals surface area (Å²) >= 11 is 6.72. The summed E-state index contributed by atoms with van der Waals surface area (Å²) in [6.07, 6.45) is 7.26. The molecule has 0 unspecified atom stereocenters. The minimum Gasteiger partial charge on any atom is -0.362 e. The molecule has 23 heavy (non-hydrogen) atoms. The third kappa shape index (κ3) is 7.84. The van der Waals surface area contributed by atoms with Gasteiger partial charge in [0.25, 0.3) is 5.91 Å². The van der Waals surface area contributed by atoms with Crippen LogP contribution < -0.4 is 0 Å². The molecule has 128 valence electrons. The van der Waals surface area contributed by atoms with Gasteiger partial charge in [0.15, 0.2) is 4.32 Å². The van der Waals surface area contributed by atoms with Crippen molar-refractivity contribution in [2.45, 2.75) is 45.4 Å². The average Bonchev–Trinajstić information content (AvgIpc) is 2.56. The molecule has 0 fully saturated rings. The second-order valence-electron chi connectivity index (χ2n) is 5.79. The van der Waals surface area contributed by atoms with Crippen LogP contribution in [0.25, 0.3) is 0 Å². The highest BCUT2D eigenvalue weighted by molar-refractivity contribution is 8.21. The molecular formula is C18H28N2OS2.